The van der Waals surface area contributed by atoms with Crippen LogP contribution in [0.5, 0.6) is 5.88 Å². The van der Waals surface area contributed by atoms with Gasteiger partial charge in [-0.25, -0.2) is 4.98 Å². The molecule has 100 valence electrons. The van der Waals surface area contributed by atoms with Gasteiger partial charge < -0.3 is 9.72 Å². The number of nitrogens with one attached hydrogen (secondary N) is 1. The summed E-state index contributed by atoms with van der Waals surface area (Å²) in [5.41, 5.74) is 2.09. The summed E-state index contributed by atoms with van der Waals surface area (Å²) >= 11 is 0. The number of rotatable bonds is 3. The van der Waals surface area contributed by atoms with Crippen LogP contribution in [0.1, 0.15) is 11.1 Å². The van der Waals surface area contributed by atoms with Crippen LogP contribution in [0.4, 0.5) is 0 Å². The Labute approximate surface area is 116 Å². The van der Waals surface area contributed by atoms with Crippen molar-refractivity contribution in [3.8, 4) is 5.88 Å². The second-order valence-electron chi connectivity index (χ2n) is 4.57. The number of H-pyrrole nitrogens is 1. The van der Waals surface area contributed by atoms with Crippen LogP contribution >= 0.6 is 0 Å². The lowest BCUT2D eigenvalue weighted by Gasteiger charge is -2.06. The van der Waals surface area contributed by atoms with Crippen molar-refractivity contribution < 1.29 is 4.74 Å². The number of pyridine rings is 2. The first-order valence-corrected chi connectivity index (χ1v) is 6.36. The molecule has 3 aromatic rings. The number of hydrogen-bond acceptors (Lipinski definition) is 3. The van der Waals surface area contributed by atoms with Crippen molar-refractivity contribution in [3.05, 3.63) is 70.3 Å². The first-order chi connectivity index (χ1) is 9.78. The van der Waals surface area contributed by atoms with Crippen molar-refractivity contribution in [2.75, 3.05) is 7.11 Å². The number of fused-ring (bicyclic) bond motifs is 1. The average molecular weight is 266 g/mol. The maximum absolute atomic E-state index is 11.8. The maximum Gasteiger partial charge on any atom is 0.255 e. The predicted molar refractivity (Wildman–Crippen MR) is 78.2 cm³/mol. The molecule has 0 aliphatic rings. The summed E-state index contributed by atoms with van der Waals surface area (Å²) in [4.78, 5) is 18.8. The molecule has 4 nitrogen and oxygen atoms in total. The smallest absolute Gasteiger partial charge is 0.255 e. The molecule has 0 unspecified atom stereocenters. The SMILES string of the molecule is COc1ccc(Cc2c[nH]c(=O)c3ccccc23)cn1. The minimum atomic E-state index is -0.0581. The first kappa shape index (κ1) is 12.4. The molecule has 0 aliphatic heterocycles. The number of methoxy groups -OCH3 is 1. The quantitative estimate of drug-likeness (QED) is 0.792. The van der Waals surface area contributed by atoms with Gasteiger partial charge in [-0.15, -0.1) is 0 Å². The summed E-state index contributed by atoms with van der Waals surface area (Å²) < 4.78 is 5.05. The van der Waals surface area contributed by atoms with E-state index in [0.29, 0.717) is 17.7 Å². The van der Waals surface area contributed by atoms with E-state index < -0.39 is 0 Å². The predicted octanol–water partition coefficient (Wildman–Crippen LogP) is 2.52. The molecule has 1 aromatic carbocycles. The van der Waals surface area contributed by atoms with E-state index in [4.69, 9.17) is 4.74 Å². The van der Waals surface area contributed by atoms with Crippen molar-refractivity contribution in [2.24, 2.45) is 0 Å². The molecule has 0 spiro atoms. The molecule has 3 rings (SSSR count). The Morgan fingerprint density at radius 2 is 1.95 bits per heavy atom. The number of ether oxygens (including phenoxy) is 1. The second kappa shape index (κ2) is 5.17. The lowest BCUT2D eigenvalue weighted by atomic mass is 10.0. The fraction of sp³-hybridized carbons (Fsp3) is 0.125. The largest absolute Gasteiger partial charge is 0.481 e. The second-order valence-corrected chi connectivity index (χ2v) is 4.57. The number of aromatic nitrogens is 2. The standard InChI is InChI=1S/C16H14N2O2/c1-20-15-7-6-11(9-17-15)8-12-10-18-16(19)14-5-3-2-4-13(12)14/h2-7,9-10H,8H2,1H3,(H,18,19). The summed E-state index contributed by atoms with van der Waals surface area (Å²) in [7, 11) is 1.59. The molecule has 0 amide bonds. The van der Waals surface area contributed by atoms with E-state index in [1.54, 1.807) is 19.5 Å². The zero-order chi connectivity index (χ0) is 13.9. The fourth-order valence-electron chi connectivity index (χ4n) is 2.27. The molecule has 0 saturated carbocycles. The van der Waals surface area contributed by atoms with E-state index in [-0.39, 0.29) is 5.56 Å². The van der Waals surface area contributed by atoms with Gasteiger partial charge in [-0.05, 0) is 22.6 Å². The van der Waals surface area contributed by atoms with Gasteiger partial charge in [0.25, 0.3) is 5.56 Å². The van der Waals surface area contributed by atoms with Gasteiger partial charge in [-0.3, -0.25) is 4.79 Å². The van der Waals surface area contributed by atoms with Crippen molar-refractivity contribution >= 4 is 10.8 Å². The topological polar surface area (TPSA) is 55.0 Å². The molecular formula is C16H14N2O2. The molecule has 0 atom stereocenters. The molecule has 0 bridgehead atoms. The molecule has 20 heavy (non-hydrogen) atoms. The number of aromatic amines is 1. The average Bonchev–Trinajstić information content (AvgIpc) is 2.51. The molecule has 4 heteroatoms. The minimum absolute atomic E-state index is 0.0581. The molecule has 0 fully saturated rings. The van der Waals surface area contributed by atoms with E-state index in [1.165, 1.54) is 0 Å². The van der Waals surface area contributed by atoms with E-state index in [9.17, 15) is 4.79 Å². The van der Waals surface area contributed by atoms with Crippen LogP contribution in [0.25, 0.3) is 10.8 Å². The van der Waals surface area contributed by atoms with Crippen molar-refractivity contribution in [1.82, 2.24) is 9.97 Å². The van der Waals surface area contributed by atoms with Gasteiger partial charge in [0.15, 0.2) is 0 Å². The maximum atomic E-state index is 11.8. The molecule has 0 aliphatic carbocycles. The molecular weight excluding hydrogens is 252 g/mol. The summed E-state index contributed by atoms with van der Waals surface area (Å²) in [6, 6.07) is 11.4. The Balaban J connectivity index is 2.02. The molecule has 2 aromatic heterocycles. The van der Waals surface area contributed by atoms with Crippen LogP contribution in [0.2, 0.25) is 0 Å². The number of nitrogens with zero attached hydrogens (tertiary/aromatic N) is 1. The Bertz CT molecular complexity index is 791. The van der Waals surface area contributed by atoms with Gasteiger partial charge in [-0.2, -0.15) is 0 Å². The molecule has 0 radical (unpaired) electrons. The van der Waals surface area contributed by atoms with Gasteiger partial charge in [0, 0.05) is 30.3 Å². The molecule has 0 saturated heterocycles. The third-order valence-corrected chi connectivity index (χ3v) is 3.30. The number of hydrogen-bond donors (Lipinski definition) is 1. The highest BCUT2D eigenvalue weighted by molar-refractivity contribution is 5.84. The van der Waals surface area contributed by atoms with Crippen LogP contribution in [0.3, 0.4) is 0 Å². The van der Waals surface area contributed by atoms with Gasteiger partial charge in [0.1, 0.15) is 0 Å². The van der Waals surface area contributed by atoms with Crippen molar-refractivity contribution in [1.29, 1.82) is 0 Å². The van der Waals surface area contributed by atoms with Gasteiger partial charge >= 0.3 is 0 Å². The zero-order valence-electron chi connectivity index (χ0n) is 11.1. The highest BCUT2D eigenvalue weighted by Crippen LogP contribution is 2.18. The highest BCUT2D eigenvalue weighted by atomic mass is 16.5. The van der Waals surface area contributed by atoms with Crippen molar-refractivity contribution in [2.45, 2.75) is 6.42 Å². The molecule has 2 heterocycles. The normalized spacial score (nSPS) is 10.7. The van der Waals surface area contributed by atoms with Crippen LogP contribution in [-0.2, 0) is 6.42 Å². The molecule has 1 N–H and O–H groups in total. The van der Waals surface area contributed by atoms with E-state index in [1.807, 2.05) is 36.4 Å². The first-order valence-electron chi connectivity index (χ1n) is 6.36. The summed E-state index contributed by atoms with van der Waals surface area (Å²) in [5, 5.41) is 1.69. The van der Waals surface area contributed by atoms with Crippen LogP contribution in [-0.4, -0.2) is 17.1 Å². The van der Waals surface area contributed by atoms with Crippen LogP contribution in [0, 0.1) is 0 Å². The highest BCUT2D eigenvalue weighted by Gasteiger charge is 2.05. The Morgan fingerprint density at radius 3 is 2.65 bits per heavy atom. The van der Waals surface area contributed by atoms with Gasteiger partial charge in [0.05, 0.1) is 7.11 Å². The number of benzene rings is 1. The van der Waals surface area contributed by atoms with Crippen LogP contribution in [0.15, 0.2) is 53.6 Å². The lowest BCUT2D eigenvalue weighted by Crippen LogP contribution is -2.07. The summed E-state index contributed by atoms with van der Waals surface area (Å²) in [5.74, 6) is 0.597. The summed E-state index contributed by atoms with van der Waals surface area (Å²) in [6.07, 6.45) is 4.28. The van der Waals surface area contributed by atoms with E-state index in [0.717, 1.165) is 16.5 Å². The third-order valence-electron chi connectivity index (χ3n) is 3.30. The Morgan fingerprint density at radius 1 is 1.15 bits per heavy atom. The Hall–Kier alpha value is -2.62. The third kappa shape index (κ3) is 2.28. The minimum Gasteiger partial charge on any atom is -0.481 e. The lowest BCUT2D eigenvalue weighted by molar-refractivity contribution is 0.397. The Kier molecular flexibility index (Phi) is 3.21. The fourth-order valence-corrected chi connectivity index (χ4v) is 2.27. The summed E-state index contributed by atoms with van der Waals surface area (Å²) in [6.45, 7) is 0. The van der Waals surface area contributed by atoms with Crippen molar-refractivity contribution in [3.63, 3.8) is 0 Å². The van der Waals surface area contributed by atoms with E-state index in [2.05, 4.69) is 9.97 Å². The van der Waals surface area contributed by atoms with Gasteiger partial charge in [-0.1, -0.05) is 24.3 Å². The van der Waals surface area contributed by atoms with E-state index >= 15 is 0 Å². The van der Waals surface area contributed by atoms with Gasteiger partial charge in [0.2, 0.25) is 5.88 Å². The zero-order valence-corrected chi connectivity index (χ0v) is 11.1. The monoisotopic (exact) mass is 266 g/mol. The van der Waals surface area contributed by atoms with Crippen LogP contribution < -0.4 is 10.3 Å².